The molecule has 1 aliphatic heterocycles. The SMILES string of the molecule is CCOC(=O)C(COCc1ccc(CNS(=O)(=O)c2ccc(Cl)c(S(=O)(=O)NCc3ccccc3)c2)cc1)N[C@@H](C)C(=O)N1CCC[C@H]1C(=O)O. The van der Waals surface area contributed by atoms with Gasteiger partial charge in [0, 0.05) is 19.6 Å². The summed E-state index contributed by atoms with van der Waals surface area (Å²) in [4.78, 5) is 37.8. The second-order valence-corrected chi connectivity index (χ2v) is 15.7. The maximum Gasteiger partial charge on any atom is 0.326 e. The summed E-state index contributed by atoms with van der Waals surface area (Å²) >= 11 is 6.15. The molecular formula is C34H41ClN4O10S2. The van der Waals surface area contributed by atoms with Crippen molar-refractivity contribution >= 4 is 49.5 Å². The van der Waals surface area contributed by atoms with Crippen LogP contribution in [-0.4, -0.2) is 82.6 Å². The van der Waals surface area contributed by atoms with Gasteiger partial charge in [0.25, 0.3) is 0 Å². The summed E-state index contributed by atoms with van der Waals surface area (Å²) in [5.41, 5.74) is 2.03. The van der Waals surface area contributed by atoms with E-state index >= 15 is 0 Å². The zero-order valence-corrected chi connectivity index (χ0v) is 30.5. The number of halogens is 1. The zero-order valence-electron chi connectivity index (χ0n) is 28.1. The molecule has 0 aliphatic carbocycles. The quantitative estimate of drug-likeness (QED) is 0.139. The Bertz CT molecular complexity index is 1900. The summed E-state index contributed by atoms with van der Waals surface area (Å²) in [6.45, 7) is 3.48. The maximum atomic E-state index is 13.1. The number of benzene rings is 3. The smallest absolute Gasteiger partial charge is 0.326 e. The molecule has 1 saturated heterocycles. The number of hydrogen-bond donors (Lipinski definition) is 4. The summed E-state index contributed by atoms with van der Waals surface area (Å²) in [6, 6.07) is 16.3. The predicted molar refractivity (Wildman–Crippen MR) is 187 cm³/mol. The molecule has 0 saturated carbocycles. The summed E-state index contributed by atoms with van der Waals surface area (Å²) in [5, 5.41) is 12.2. The average Bonchev–Trinajstić information content (AvgIpc) is 3.61. The van der Waals surface area contributed by atoms with Crippen LogP contribution in [0.2, 0.25) is 5.02 Å². The van der Waals surface area contributed by atoms with Crippen molar-refractivity contribution in [2.45, 2.75) is 74.3 Å². The van der Waals surface area contributed by atoms with Gasteiger partial charge in [0.15, 0.2) is 0 Å². The number of nitrogens with one attached hydrogen (secondary N) is 3. The number of hydrogen-bond acceptors (Lipinski definition) is 10. The molecule has 51 heavy (non-hydrogen) atoms. The van der Waals surface area contributed by atoms with Crippen LogP contribution in [0.15, 0.2) is 82.6 Å². The van der Waals surface area contributed by atoms with Gasteiger partial charge in [-0.05, 0) is 61.6 Å². The molecular weight excluding hydrogens is 724 g/mol. The van der Waals surface area contributed by atoms with Crippen LogP contribution >= 0.6 is 11.6 Å². The highest BCUT2D eigenvalue weighted by atomic mass is 35.5. The number of sulfonamides is 2. The van der Waals surface area contributed by atoms with Crippen LogP contribution in [0, 0.1) is 0 Å². The number of nitrogens with zero attached hydrogens (tertiary/aromatic N) is 1. The van der Waals surface area contributed by atoms with Gasteiger partial charge < -0.3 is 19.5 Å². The van der Waals surface area contributed by atoms with Crippen LogP contribution in [0.25, 0.3) is 0 Å². The summed E-state index contributed by atoms with van der Waals surface area (Å²) in [6.07, 6.45) is 0.945. The summed E-state index contributed by atoms with van der Waals surface area (Å²) < 4.78 is 67.9. The molecule has 1 aliphatic rings. The highest BCUT2D eigenvalue weighted by Crippen LogP contribution is 2.25. The summed E-state index contributed by atoms with van der Waals surface area (Å²) in [5.74, 6) is -2.12. The van der Waals surface area contributed by atoms with Gasteiger partial charge in [0.1, 0.15) is 17.0 Å². The maximum absolute atomic E-state index is 13.1. The lowest BCUT2D eigenvalue weighted by atomic mass is 10.1. The Hall–Kier alpha value is -3.90. The first-order valence-corrected chi connectivity index (χ1v) is 19.5. The van der Waals surface area contributed by atoms with E-state index in [1.165, 1.54) is 17.0 Å². The van der Waals surface area contributed by atoms with Gasteiger partial charge in [-0.25, -0.2) is 31.1 Å². The molecule has 3 atom stereocenters. The van der Waals surface area contributed by atoms with Gasteiger partial charge >= 0.3 is 11.9 Å². The molecule has 276 valence electrons. The summed E-state index contributed by atoms with van der Waals surface area (Å²) in [7, 11) is -8.27. The average molecular weight is 765 g/mol. The number of rotatable bonds is 18. The number of amides is 1. The van der Waals surface area contributed by atoms with E-state index in [1.807, 2.05) is 0 Å². The molecule has 1 amide bonds. The molecule has 0 spiro atoms. The van der Waals surface area contributed by atoms with Crippen LogP contribution in [0.5, 0.6) is 0 Å². The minimum absolute atomic E-state index is 0.00572. The van der Waals surface area contributed by atoms with Crippen LogP contribution in [0.4, 0.5) is 0 Å². The van der Waals surface area contributed by atoms with Gasteiger partial charge in [-0.1, -0.05) is 66.2 Å². The Morgan fingerprint density at radius 2 is 1.55 bits per heavy atom. The number of carboxylic acids is 1. The molecule has 1 unspecified atom stereocenters. The third-order valence-corrected chi connectivity index (χ3v) is 11.3. The highest BCUT2D eigenvalue weighted by Gasteiger charge is 2.37. The number of esters is 1. The van der Waals surface area contributed by atoms with E-state index in [0.717, 1.165) is 6.07 Å². The number of likely N-dealkylation sites (tertiary alicyclic amines) is 1. The monoisotopic (exact) mass is 764 g/mol. The molecule has 4 rings (SSSR count). The van der Waals surface area contributed by atoms with E-state index in [2.05, 4.69) is 14.8 Å². The van der Waals surface area contributed by atoms with Crippen LogP contribution in [0.1, 0.15) is 43.4 Å². The third-order valence-electron chi connectivity index (χ3n) is 8.07. The van der Waals surface area contributed by atoms with Crippen molar-refractivity contribution in [3.63, 3.8) is 0 Å². The Morgan fingerprint density at radius 1 is 0.922 bits per heavy atom. The van der Waals surface area contributed by atoms with Crippen molar-refractivity contribution in [1.29, 1.82) is 0 Å². The molecule has 4 N–H and O–H groups in total. The Labute approximate surface area is 302 Å². The lowest BCUT2D eigenvalue weighted by Gasteiger charge is -2.27. The number of ether oxygens (including phenoxy) is 2. The van der Waals surface area contributed by atoms with E-state index in [4.69, 9.17) is 21.1 Å². The third kappa shape index (κ3) is 11.0. The second kappa shape index (κ2) is 18.0. The van der Waals surface area contributed by atoms with Crippen molar-refractivity contribution in [2.75, 3.05) is 19.8 Å². The number of carbonyl (C=O) groups is 3. The van der Waals surface area contributed by atoms with Gasteiger partial charge in [0.05, 0.1) is 35.8 Å². The molecule has 14 nitrogen and oxygen atoms in total. The van der Waals surface area contributed by atoms with Crippen molar-refractivity contribution in [3.05, 3.63) is 94.5 Å². The van der Waals surface area contributed by atoms with Crippen molar-refractivity contribution in [1.82, 2.24) is 19.7 Å². The molecule has 3 aromatic carbocycles. The van der Waals surface area contributed by atoms with Gasteiger partial charge in [-0.2, -0.15) is 0 Å². The van der Waals surface area contributed by atoms with E-state index in [1.54, 1.807) is 68.4 Å². The predicted octanol–water partition coefficient (Wildman–Crippen LogP) is 2.80. The number of carbonyl (C=O) groups excluding carboxylic acids is 2. The minimum Gasteiger partial charge on any atom is -0.480 e. The lowest BCUT2D eigenvalue weighted by molar-refractivity contribution is -0.151. The number of carboxylic acid groups (broad SMARTS) is 1. The van der Waals surface area contributed by atoms with E-state index in [9.17, 15) is 36.3 Å². The van der Waals surface area contributed by atoms with Gasteiger partial charge in [-0.3, -0.25) is 14.9 Å². The lowest BCUT2D eigenvalue weighted by Crippen LogP contribution is -2.54. The standard InChI is InChI=1S/C34H41ClN4O10S2/c1-3-49-34(43)29(38-23(2)32(40)39-17-7-10-30(39)33(41)42)22-48-21-26-13-11-25(12-14-26)20-36-50(44,45)27-15-16-28(35)31(18-27)51(46,47)37-19-24-8-5-4-6-9-24/h4-6,8-9,11-16,18,23,29-30,36-38H,3,7,10,17,19-22H2,1-2H3,(H,41,42)/t23-,29?,30-/m0/s1. The molecule has 1 fully saturated rings. The molecule has 0 radical (unpaired) electrons. The van der Waals surface area contributed by atoms with Gasteiger partial charge in [0.2, 0.25) is 26.0 Å². The minimum atomic E-state index is -4.14. The fourth-order valence-electron chi connectivity index (χ4n) is 5.35. The van der Waals surface area contributed by atoms with Crippen LogP contribution in [0.3, 0.4) is 0 Å². The molecule has 3 aromatic rings. The van der Waals surface area contributed by atoms with Crippen LogP contribution < -0.4 is 14.8 Å². The van der Waals surface area contributed by atoms with Crippen molar-refractivity contribution < 1.29 is 45.8 Å². The van der Waals surface area contributed by atoms with Crippen molar-refractivity contribution in [3.8, 4) is 0 Å². The number of aliphatic carboxylic acids is 1. The largest absolute Gasteiger partial charge is 0.480 e. The van der Waals surface area contributed by atoms with E-state index < -0.39 is 56.0 Å². The molecule has 0 bridgehead atoms. The Balaban J connectivity index is 1.31. The van der Waals surface area contributed by atoms with E-state index in [-0.39, 0.29) is 47.7 Å². The Kier molecular flexibility index (Phi) is 14.1. The zero-order chi connectivity index (χ0) is 37.2. The molecule has 1 heterocycles. The van der Waals surface area contributed by atoms with E-state index in [0.29, 0.717) is 36.1 Å². The highest BCUT2D eigenvalue weighted by molar-refractivity contribution is 7.90. The normalized spacial score (nSPS) is 16.1. The first-order chi connectivity index (χ1) is 24.2. The fraction of sp³-hybridized carbons (Fsp3) is 0.382. The van der Waals surface area contributed by atoms with Gasteiger partial charge in [-0.15, -0.1) is 0 Å². The Morgan fingerprint density at radius 3 is 2.20 bits per heavy atom. The van der Waals surface area contributed by atoms with Crippen LogP contribution in [-0.2, 0) is 63.6 Å². The van der Waals surface area contributed by atoms with Crippen molar-refractivity contribution in [2.24, 2.45) is 0 Å². The molecule has 17 heteroatoms. The first kappa shape index (κ1) is 39.9. The topological polar surface area (TPSA) is 198 Å². The second-order valence-electron chi connectivity index (χ2n) is 11.8. The fourth-order valence-corrected chi connectivity index (χ4v) is 8.01. The molecule has 0 aromatic heterocycles. The first-order valence-electron chi connectivity index (χ1n) is 16.2.